The van der Waals surface area contributed by atoms with Gasteiger partial charge >= 0.3 is 17.9 Å². The normalized spacial score (nSPS) is 25.9. The molecule has 0 bridgehead atoms. The van der Waals surface area contributed by atoms with Crippen LogP contribution in [0.15, 0.2) is 42.5 Å². The van der Waals surface area contributed by atoms with Crippen molar-refractivity contribution in [1.82, 2.24) is 0 Å². The van der Waals surface area contributed by atoms with Gasteiger partial charge in [-0.25, -0.2) is 4.79 Å². The molecule has 2 N–H and O–H groups in total. The minimum atomic E-state index is -2.07. The quantitative estimate of drug-likeness (QED) is 0.356. The predicted octanol–water partition coefficient (Wildman–Crippen LogP) is 0.385. The SMILES string of the molecule is CC(=O)OC1C=CC(OCCO)C(O)(COC(=O)c2ccccc2)C1OC(C)=O. The van der Waals surface area contributed by atoms with E-state index in [-0.39, 0.29) is 18.8 Å². The number of aliphatic hydroxyl groups is 2. The van der Waals surface area contributed by atoms with Crippen molar-refractivity contribution < 1.29 is 43.5 Å². The van der Waals surface area contributed by atoms with Gasteiger partial charge in [-0.1, -0.05) is 24.3 Å². The highest BCUT2D eigenvalue weighted by Gasteiger charge is 2.54. The molecule has 0 aromatic heterocycles. The summed E-state index contributed by atoms with van der Waals surface area (Å²) < 4.78 is 21.0. The van der Waals surface area contributed by atoms with E-state index in [9.17, 15) is 19.5 Å². The van der Waals surface area contributed by atoms with E-state index in [1.165, 1.54) is 31.2 Å². The third-order valence-electron chi connectivity index (χ3n) is 4.19. The van der Waals surface area contributed by atoms with Gasteiger partial charge in [0.2, 0.25) is 0 Å². The first-order valence-electron chi connectivity index (χ1n) is 8.97. The average Bonchev–Trinajstić information content (AvgIpc) is 2.68. The molecule has 0 amide bonds. The molecule has 2 rings (SSSR count). The highest BCUT2D eigenvalue weighted by Crippen LogP contribution is 2.32. The average molecular weight is 408 g/mol. The molecule has 0 saturated carbocycles. The van der Waals surface area contributed by atoms with Crippen molar-refractivity contribution in [3.63, 3.8) is 0 Å². The van der Waals surface area contributed by atoms with E-state index in [1.807, 2.05) is 0 Å². The maximum absolute atomic E-state index is 12.3. The molecule has 1 aromatic carbocycles. The standard InChI is InChI=1S/C20H24O9/c1-13(22)28-16-8-9-17(26-11-10-21)20(25,18(16)29-14(2)23)12-27-19(24)15-6-4-3-5-7-15/h3-9,16-18,21,25H,10-12H2,1-2H3. The number of benzene rings is 1. The summed E-state index contributed by atoms with van der Waals surface area (Å²) in [5, 5.41) is 20.4. The van der Waals surface area contributed by atoms with Crippen LogP contribution in [0.3, 0.4) is 0 Å². The van der Waals surface area contributed by atoms with Crippen molar-refractivity contribution in [3.05, 3.63) is 48.0 Å². The van der Waals surface area contributed by atoms with Crippen LogP contribution in [-0.2, 0) is 28.5 Å². The molecule has 0 fully saturated rings. The summed E-state index contributed by atoms with van der Waals surface area (Å²) in [5.41, 5.74) is -1.81. The monoisotopic (exact) mass is 408 g/mol. The topological polar surface area (TPSA) is 129 Å². The van der Waals surface area contributed by atoms with Gasteiger partial charge in [0.15, 0.2) is 17.8 Å². The molecule has 9 nitrogen and oxygen atoms in total. The molecule has 0 heterocycles. The van der Waals surface area contributed by atoms with Gasteiger partial charge in [-0.3, -0.25) is 9.59 Å². The van der Waals surface area contributed by atoms with Crippen LogP contribution >= 0.6 is 0 Å². The van der Waals surface area contributed by atoms with E-state index in [4.69, 9.17) is 24.1 Å². The maximum Gasteiger partial charge on any atom is 0.338 e. The zero-order valence-electron chi connectivity index (χ0n) is 16.1. The van der Waals surface area contributed by atoms with Gasteiger partial charge in [0.05, 0.1) is 18.8 Å². The van der Waals surface area contributed by atoms with Crippen LogP contribution in [0.1, 0.15) is 24.2 Å². The van der Waals surface area contributed by atoms with Gasteiger partial charge < -0.3 is 29.2 Å². The summed E-state index contributed by atoms with van der Waals surface area (Å²) in [6.45, 7) is 1.23. The fraction of sp³-hybridized carbons (Fsp3) is 0.450. The third kappa shape index (κ3) is 5.86. The Morgan fingerprint density at radius 2 is 1.69 bits per heavy atom. The molecule has 29 heavy (non-hydrogen) atoms. The summed E-state index contributed by atoms with van der Waals surface area (Å²) >= 11 is 0. The van der Waals surface area contributed by atoms with Crippen LogP contribution < -0.4 is 0 Å². The van der Waals surface area contributed by atoms with Crippen molar-refractivity contribution in [2.75, 3.05) is 19.8 Å². The van der Waals surface area contributed by atoms with E-state index in [0.29, 0.717) is 0 Å². The van der Waals surface area contributed by atoms with Crippen LogP contribution in [0.25, 0.3) is 0 Å². The minimum Gasteiger partial charge on any atom is -0.459 e. The van der Waals surface area contributed by atoms with E-state index < -0.39 is 48.4 Å². The largest absolute Gasteiger partial charge is 0.459 e. The van der Waals surface area contributed by atoms with E-state index in [2.05, 4.69) is 0 Å². The maximum atomic E-state index is 12.3. The number of carbonyl (C=O) groups excluding carboxylic acids is 3. The van der Waals surface area contributed by atoms with Gasteiger partial charge in [0, 0.05) is 13.8 Å². The molecular weight excluding hydrogens is 384 g/mol. The van der Waals surface area contributed by atoms with Gasteiger partial charge in [-0.2, -0.15) is 0 Å². The number of hydrogen-bond acceptors (Lipinski definition) is 9. The summed E-state index contributed by atoms with van der Waals surface area (Å²) in [6, 6.07) is 8.12. The molecule has 0 radical (unpaired) electrons. The van der Waals surface area contributed by atoms with Crippen molar-refractivity contribution in [3.8, 4) is 0 Å². The van der Waals surface area contributed by atoms with E-state index in [1.54, 1.807) is 18.2 Å². The lowest BCUT2D eigenvalue weighted by Crippen LogP contribution is -2.63. The Balaban J connectivity index is 2.31. The second-order valence-corrected chi connectivity index (χ2v) is 6.44. The minimum absolute atomic E-state index is 0.130. The van der Waals surface area contributed by atoms with Gasteiger partial charge in [0.25, 0.3) is 0 Å². The summed E-state index contributed by atoms with van der Waals surface area (Å²) in [5.74, 6) is -2.11. The van der Waals surface area contributed by atoms with Crippen molar-refractivity contribution in [2.45, 2.75) is 37.8 Å². The Morgan fingerprint density at radius 1 is 1.03 bits per heavy atom. The van der Waals surface area contributed by atoms with Gasteiger partial charge in [-0.15, -0.1) is 0 Å². The van der Waals surface area contributed by atoms with Gasteiger partial charge in [0.1, 0.15) is 12.7 Å². The fourth-order valence-electron chi connectivity index (χ4n) is 2.95. The molecule has 158 valence electrons. The number of carbonyl (C=O) groups is 3. The molecular formula is C20H24O9. The highest BCUT2D eigenvalue weighted by molar-refractivity contribution is 5.89. The Labute approximate surface area is 167 Å². The fourth-order valence-corrected chi connectivity index (χ4v) is 2.95. The highest BCUT2D eigenvalue weighted by atomic mass is 16.6. The molecule has 4 unspecified atom stereocenters. The van der Waals surface area contributed by atoms with Crippen molar-refractivity contribution >= 4 is 17.9 Å². The van der Waals surface area contributed by atoms with Crippen LogP contribution in [0, 0.1) is 0 Å². The lowest BCUT2D eigenvalue weighted by molar-refractivity contribution is -0.218. The van der Waals surface area contributed by atoms with Crippen molar-refractivity contribution in [1.29, 1.82) is 0 Å². The molecule has 9 heteroatoms. The van der Waals surface area contributed by atoms with Gasteiger partial charge in [-0.05, 0) is 18.2 Å². The first kappa shape index (κ1) is 22.5. The molecule has 1 aliphatic rings. The molecule has 0 aliphatic heterocycles. The number of esters is 3. The van der Waals surface area contributed by atoms with Crippen LogP contribution in [0.2, 0.25) is 0 Å². The molecule has 1 aromatic rings. The lowest BCUT2D eigenvalue weighted by Gasteiger charge is -2.43. The number of aliphatic hydroxyl groups excluding tert-OH is 1. The Hall–Kier alpha value is -2.75. The first-order valence-corrected chi connectivity index (χ1v) is 8.97. The number of rotatable bonds is 8. The molecule has 0 spiro atoms. The number of hydrogen-bond donors (Lipinski definition) is 2. The van der Waals surface area contributed by atoms with Crippen LogP contribution in [0.5, 0.6) is 0 Å². The molecule has 1 aliphatic carbocycles. The second-order valence-electron chi connectivity index (χ2n) is 6.44. The zero-order valence-corrected chi connectivity index (χ0v) is 16.1. The van der Waals surface area contributed by atoms with E-state index in [0.717, 1.165) is 6.92 Å². The van der Waals surface area contributed by atoms with Crippen LogP contribution in [-0.4, -0.2) is 71.9 Å². The second kappa shape index (κ2) is 10.1. The van der Waals surface area contributed by atoms with Crippen molar-refractivity contribution in [2.24, 2.45) is 0 Å². The van der Waals surface area contributed by atoms with Crippen LogP contribution in [0.4, 0.5) is 0 Å². The summed E-state index contributed by atoms with van der Waals surface area (Å²) in [4.78, 5) is 35.4. The Kier molecular flexibility index (Phi) is 7.89. The zero-order chi connectivity index (χ0) is 21.4. The van der Waals surface area contributed by atoms with E-state index >= 15 is 0 Å². The Morgan fingerprint density at radius 3 is 2.28 bits per heavy atom. The Bertz CT molecular complexity index is 746. The molecule has 0 saturated heterocycles. The summed E-state index contributed by atoms with van der Waals surface area (Å²) in [6.07, 6.45) is -0.814. The molecule has 4 atom stereocenters. The lowest BCUT2D eigenvalue weighted by atomic mass is 9.82. The summed E-state index contributed by atoms with van der Waals surface area (Å²) in [7, 11) is 0. The third-order valence-corrected chi connectivity index (χ3v) is 4.19. The smallest absolute Gasteiger partial charge is 0.338 e. The number of ether oxygens (including phenoxy) is 4. The predicted molar refractivity (Wildman–Crippen MR) is 98.7 cm³/mol. The first-order chi connectivity index (χ1) is 13.8.